The fourth-order valence-corrected chi connectivity index (χ4v) is 2.16. The van der Waals surface area contributed by atoms with Gasteiger partial charge in [-0.25, -0.2) is 4.79 Å². The highest BCUT2D eigenvalue weighted by atomic mass is 19.4. The lowest BCUT2D eigenvalue weighted by Gasteiger charge is -2.14. The van der Waals surface area contributed by atoms with E-state index in [1.165, 1.54) is 12.1 Å². The van der Waals surface area contributed by atoms with Crippen molar-refractivity contribution in [1.29, 1.82) is 0 Å². The van der Waals surface area contributed by atoms with Crippen molar-refractivity contribution in [2.24, 2.45) is 0 Å². The summed E-state index contributed by atoms with van der Waals surface area (Å²) in [5, 5.41) is 22.3. The number of nitro groups is 1. The van der Waals surface area contributed by atoms with Crippen LogP contribution in [-0.2, 0) is 20.5 Å². The molecule has 2 rings (SSSR count). The highest BCUT2D eigenvalue weighted by Gasteiger charge is 2.35. The Morgan fingerprint density at radius 2 is 1.82 bits per heavy atom. The summed E-state index contributed by atoms with van der Waals surface area (Å²) in [6.45, 7) is -0.961. The van der Waals surface area contributed by atoms with Gasteiger partial charge >= 0.3 is 12.1 Å². The molecule has 2 aromatic carbocycles. The van der Waals surface area contributed by atoms with Gasteiger partial charge < -0.3 is 15.2 Å². The Balaban J connectivity index is 2.05. The van der Waals surface area contributed by atoms with Crippen molar-refractivity contribution in [1.82, 2.24) is 0 Å². The molecule has 11 heteroatoms. The number of nitrogens with one attached hydrogen (secondary N) is 1. The van der Waals surface area contributed by atoms with Gasteiger partial charge in [0.15, 0.2) is 12.7 Å². The van der Waals surface area contributed by atoms with Gasteiger partial charge in [-0.05, 0) is 11.6 Å². The van der Waals surface area contributed by atoms with Crippen molar-refractivity contribution in [3.8, 4) is 0 Å². The Morgan fingerprint density at radius 3 is 2.39 bits per heavy atom. The van der Waals surface area contributed by atoms with E-state index in [1.54, 1.807) is 18.2 Å². The van der Waals surface area contributed by atoms with Crippen molar-refractivity contribution in [3.63, 3.8) is 0 Å². The molecular weight excluding hydrogens is 385 g/mol. The van der Waals surface area contributed by atoms with E-state index >= 15 is 0 Å². The summed E-state index contributed by atoms with van der Waals surface area (Å²) >= 11 is 0. The van der Waals surface area contributed by atoms with E-state index in [9.17, 15) is 38.0 Å². The molecule has 0 saturated heterocycles. The minimum absolute atomic E-state index is 0.211. The van der Waals surface area contributed by atoms with Crippen LogP contribution in [0.4, 0.5) is 24.5 Å². The Kier molecular flexibility index (Phi) is 6.31. The van der Waals surface area contributed by atoms with E-state index in [0.29, 0.717) is 0 Å². The summed E-state index contributed by atoms with van der Waals surface area (Å²) in [6, 6.07) is 9.45. The molecule has 8 nitrogen and oxygen atoms in total. The first-order chi connectivity index (χ1) is 13.1. The number of aliphatic hydroxyl groups is 1. The number of non-ortho nitro benzene ring substituents is 1. The normalized spacial score (nSPS) is 12.1. The van der Waals surface area contributed by atoms with Gasteiger partial charge in [-0.2, -0.15) is 13.2 Å². The summed E-state index contributed by atoms with van der Waals surface area (Å²) in [4.78, 5) is 33.2. The molecule has 28 heavy (non-hydrogen) atoms. The monoisotopic (exact) mass is 398 g/mol. The average molecular weight is 398 g/mol. The molecule has 0 bridgehead atoms. The van der Waals surface area contributed by atoms with Crippen LogP contribution in [0.5, 0.6) is 0 Å². The summed E-state index contributed by atoms with van der Waals surface area (Å²) in [5.74, 6) is -2.28. The summed E-state index contributed by atoms with van der Waals surface area (Å²) in [5.41, 5.74) is -2.75. The van der Waals surface area contributed by atoms with Crippen LogP contribution in [0.15, 0.2) is 48.5 Å². The highest BCUT2D eigenvalue weighted by Crippen LogP contribution is 2.37. The quantitative estimate of drug-likeness (QED) is 0.439. The number of nitro benzene ring substituents is 1. The van der Waals surface area contributed by atoms with Crippen LogP contribution < -0.4 is 5.32 Å². The van der Waals surface area contributed by atoms with Gasteiger partial charge in [0.25, 0.3) is 11.6 Å². The summed E-state index contributed by atoms with van der Waals surface area (Å²) in [6.07, 6.45) is -6.63. The van der Waals surface area contributed by atoms with Crippen LogP contribution in [0.3, 0.4) is 0 Å². The molecule has 1 amide bonds. The first kappa shape index (κ1) is 20.8. The zero-order chi connectivity index (χ0) is 20.9. The second-order valence-corrected chi connectivity index (χ2v) is 5.45. The number of amides is 1. The third-order valence-corrected chi connectivity index (χ3v) is 3.48. The van der Waals surface area contributed by atoms with E-state index in [-0.39, 0.29) is 11.6 Å². The topological polar surface area (TPSA) is 119 Å². The lowest BCUT2D eigenvalue weighted by molar-refractivity contribution is -0.385. The number of anilines is 1. The second-order valence-electron chi connectivity index (χ2n) is 5.45. The van der Waals surface area contributed by atoms with Gasteiger partial charge in [0.1, 0.15) is 0 Å². The number of hydrogen-bond donors (Lipinski definition) is 2. The van der Waals surface area contributed by atoms with Gasteiger partial charge in [0, 0.05) is 12.1 Å². The molecule has 0 aliphatic heterocycles. The number of rotatable bonds is 6. The van der Waals surface area contributed by atoms with Crippen LogP contribution in [0, 0.1) is 10.1 Å². The molecule has 0 aromatic heterocycles. The first-order valence-electron chi connectivity index (χ1n) is 7.64. The number of carbonyl (C=O) groups excluding carboxylic acids is 2. The predicted molar refractivity (Wildman–Crippen MR) is 89.1 cm³/mol. The number of nitrogens with zero attached hydrogens (tertiary/aromatic N) is 1. The van der Waals surface area contributed by atoms with Crippen LogP contribution in [0.2, 0.25) is 0 Å². The first-order valence-corrected chi connectivity index (χ1v) is 7.64. The molecular formula is C17H13F3N2O6. The van der Waals surface area contributed by atoms with Crippen molar-refractivity contribution in [3.05, 3.63) is 69.8 Å². The van der Waals surface area contributed by atoms with Gasteiger partial charge in [-0.3, -0.25) is 14.9 Å². The largest absolute Gasteiger partial charge is 0.453 e. The van der Waals surface area contributed by atoms with Gasteiger partial charge in [0.05, 0.1) is 16.2 Å². The number of halogens is 3. The van der Waals surface area contributed by atoms with E-state index in [1.807, 2.05) is 5.32 Å². The minimum Gasteiger partial charge on any atom is -0.453 e. The predicted octanol–water partition coefficient (Wildman–Crippen LogP) is 2.83. The van der Waals surface area contributed by atoms with Crippen molar-refractivity contribution >= 4 is 23.3 Å². The van der Waals surface area contributed by atoms with Crippen LogP contribution >= 0.6 is 0 Å². The van der Waals surface area contributed by atoms with Gasteiger partial charge in [-0.1, -0.05) is 30.3 Å². The molecule has 0 unspecified atom stereocenters. The zero-order valence-electron chi connectivity index (χ0n) is 14.0. The smallest absolute Gasteiger partial charge is 0.418 e. The fourth-order valence-electron chi connectivity index (χ4n) is 2.16. The number of ether oxygens (including phenoxy) is 1. The van der Waals surface area contributed by atoms with E-state index in [0.717, 1.165) is 12.1 Å². The molecule has 2 N–H and O–H groups in total. The molecule has 2 aromatic rings. The van der Waals surface area contributed by atoms with Crippen LogP contribution in [0.25, 0.3) is 0 Å². The maximum atomic E-state index is 13.1. The molecule has 0 fully saturated rings. The highest BCUT2D eigenvalue weighted by molar-refractivity contribution is 5.94. The third-order valence-electron chi connectivity index (χ3n) is 3.48. The summed E-state index contributed by atoms with van der Waals surface area (Å²) < 4.78 is 43.8. The average Bonchev–Trinajstić information content (AvgIpc) is 2.65. The number of aliphatic hydroxyl groups excluding tert-OH is 1. The Labute approximate surface area is 155 Å². The number of esters is 1. The zero-order valence-corrected chi connectivity index (χ0v) is 14.0. The molecule has 0 aliphatic rings. The molecule has 0 aliphatic carbocycles. The van der Waals surface area contributed by atoms with Crippen LogP contribution in [-0.4, -0.2) is 28.5 Å². The van der Waals surface area contributed by atoms with Crippen LogP contribution in [0.1, 0.15) is 17.2 Å². The maximum absolute atomic E-state index is 13.1. The standard InChI is InChI=1S/C17H13F3N2O6/c18-17(19,20)12-8-11(22(26)27)6-7-13(12)21-14(23)9-28-16(25)15(24)10-4-2-1-3-5-10/h1-8,15,24H,9H2,(H,21,23)/t15-/m0/s1. The number of alkyl halides is 3. The van der Waals surface area contributed by atoms with Gasteiger partial charge in [-0.15, -0.1) is 0 Å². The van der Waals surface area contributed by atoms with E-state index in [4.69, 9.17) is 0 Å². The molecule has 1 atom stereocenters. The molecule has 0 spiro atoms. The van der Waals surface area contributed by atoms with E-state index in [2.05, 4.69) is 4.74 Å². The van der Waals surface area contributed by atoms with Crippen molar-refractivity contribution in [2.45, 2.75) is 12.3 Å². The maximum Gasteiger partial charge on any atom is 0.418 e. The fraction of sp³-hybridized carbons (Fsp3) is 0.176. The summed E-state index contributed by atoms with van der Waals surface area (Å²) in [7, 11) is 0. The second kappa shape index (κ2) is 8.48. The Hall–Kier alpha value is -3.47. The van der Waals surface area contributed by atoms with E-state index < -0.39 is 52.6 Å². The minimum atomic E-state index is -4.96. The SMILES string of the molecule is O=C(COC(=O)[C@@H](O)c1ccccc1)Nc1ccc([N+](=O)[O-])cc1C(F)(F)F. The lowest BCUT2D eigenvalue weighted by Crippen LogP contribution is -2.25. The molecule has 148 valence electrons. The lowest BCUT2D eigenvalue weighted by atomic mass is 10.1. The number of hydrogen-bond acceptors (Lipinski definition) is 6. The number of carbonyl (C=O) groups is 2. The molecule has 0 radical (unpaired) electrons. The van der Waals surface area contributed by atoms with Crippen molar-refractivity contribution in [2.75, 3.05) is 11.9 Å². The Morgan fingerprint density at radius 1 is 1.18 bits per heavy atom. The third kappa shape index (κ3) is 5.27. The Bertz CT molecular complexity index is 886. The van der Waals surface area contributed by atoms with Crippen molar-refractivity contribution < 1.29 is 37.5 Å². The molecule has 0 saturated carbocycles. The van der Waals surface area contributed by atoms with Gasteiger partial charge in [0.2, 0.25) is 0 Å². The number of benzene rings is 2. The molecule has 0 heterocycles.